The Balaban J connectivity index is 2.13. The van der Waals surface area contributed by atoms with Crippen LogP contribution in [-0.4, -0.2) is 36.2 Å². The molecule has 0 aromatic carbocycles. The number of hydrogen-bond donors (Lipinski definition) is 2. The summed E-state index contributed by atoms with van der Waals surface area (Å²) in [6.07, 6.45) is 1.61. The average molecular weight is 184 g/mol. The van der Waals surface area contributed by atoms with Gasteiger partial charge in [-0.2, -0.15) is 0 Å². The standard InChI is InChI=1S/C8H13BO4/c10-7-5-6(9(11)12)8(7)1-3-13-4-2-8/h6,11-12H,1-5H2. The van der Waals surface area contributed by atoms with Crippen LogP contribution in [0.5, 0.6) is 0 Å². The molecule has 1 spiro atoms. The van der Waals surface area contributed by atoms with Gasteiger partial charge in [0.05, 0.1) is 0 Å². The van der Waals surface area contributed by atoms with Gasteiger partial charge in [-0.05, 0) is 12.8 Å². The molecule has 1 aliphatic carbocycles. The molecule has 2 rings (SSSR count). The zero-order valence-electron chi connectivity index (χ0n) is 7.40. The molecule has 0 aromatic rings. The molecule has 0 amide bonds. The average Bonchev–Trinajstić information content (AvgIpc) is 2.15. The molecule has 2 N–H and O–H groups in total. The predicted octanol–water partition coefficient (Wildman–Crippen LogP) is -0.401. The molecule has 1 heterocycles. The van der Waals surface area contributed by atoms with Crippen molar-refractivity contribution < 1.29 is 19.6 Å². The van der Waals surface area contributed by atoms with Crippen molar-refractivity contribution in [3.8, 4) is 0 Å². The quantitative estimate of drug-likeness (QED) is 0.544. The van der Waals surface area contributed by atoms with Gasteiger partial charge in [-0.3, -0.25) is 4.79 Å². The van der Waals surface area contributed by atoms with Gasteiger partial charge in [-0.25, -0.2) is 0 Å². The first-order chi connectivity index (χ1) is 6.17. The van der Waals surface area contributed by atoms with Gasteiger partial charge in [0.25, 0.3) is 0 Å². The Morgan fingerprint density at radius 1 is 1.38 bits per heavy atom. The third-order valence-electron chi connectivity index (χ3n) is 3.42. The maximum Gasteiger partial charge on any atom is 0.456 e. The zero-order valence-corrected chi connectivity index (χ0v) is 7.40. The highest BCUT2D eigenvalue weighted by molar-refractivity contribution is 6.46. The Labute approximate surface area is 77.0 Å². The first-order valence-corrected chi connectivity index (χ1v) is 4.64. The normalized spacial score (nSPS) is 31.5. The van der Waals surface area contributed by atoms with Crippen molar-refractivity contribution in [3.05, 3.63) is 0 Å². The number of carbonyl (C=O) groups excluding carboxylic acids is 1. The van der Waals surface area contributed by atoms with Gasteiger partial charge < -0.3 is 14.8 Å². The molecule has 2 fully saturated rings. The van der Waals surface area contributed by atoms with Crippen molar-refractivity contribution in [3.63, 3.8) is 0 Å². The molecule has 5 heteroatoms. The fraction of sp³-hybridized carbons (Fsp3) is 0.875. The van der Waals surface area contributed by atoms with Crippen LogP contribution in [0.4, 0.5) is 0 Å². The summed E-state index contributed by atoms with van der Waals surface area (Å²) < 4.78 is 5.16. The summed E-state index contributed by atoms with van der Waals surface area (Å²) in [7, 11) is -1.35. The number of Topliss-reactive ketones (excluding diaryl/α,β-unsaturated/α-hetero) is 1. The van der Waals surface area contributed by atoms with E-state index in [2.05, 4.69) is 0 Å². The molecule has 2 aliphatic rings. The first kappa shape index (κ1) is 9.18. The first-order valence-electron chi connectivity index (χ1n) is 4.64. The smallest absolute Gasteiger partial charge is 0.427 e. The lowest BCUT2D eigenvalue weighted by atomic mass is 9.43. The Morgan fingerprint density at radius 2 is 2.00 bits per heavy atom. The third kappa shape index (κ3) is 1.22. The number of carbonyl (C=O) groups is 1. The lowest BCUT2D eigenvalue weighted by Crippen LogP contribution is -2.55. The summed E-state index contributed by atoms with van der Waals surface area (Å²) in [5.74, 6) is -0.0854. The van der Waals surface area contributed by atoms with E-state index in [1.807, 2.05) is 0 Å². The fourth-order valence-corrected chi connectivity index (χ4v) is 2.45. The van der Waals surface area contributed by atoms with E-state index >= 15 is 0 Å². The second-order valence-corrected chi connectivity index (χ2v) is 3.92. The van der Waals surface area contributed by atoms with Crippen molar-refractivity contribution in [1.29, 1.82) is 0 Å². The van der Waals surface area contributed by atoms with Crippen LogP contribution < -0.4 is 0 Å². The minimum absolute atomic E-state index is 0.175. The Kier molecular flexibility index (Phi) is 2.17. The number of hydrogen-bond acceptors (Lipinski definition) is 4. The molecule has 1 atom stereocenters. The maximum atomic E-state index is 11.4. The molecule has 72 valence electrons. The zero-order chi connectivity index (χ0) is 9.47. The monoisotopic (exact) mass is 184 g/mol. The van der Waals surface area contributed by atoms with Crippen molar-refractivity contribution >= 4 is 12.9 Å². The topological polar surface area (TPSA) is 66.8 Å². The molecular weight excluding hydrogens is 171 g/mol. The van der Waals surface area contributed by atoms with E-state index in [9.17, 15) is 4.79 Å². The number of rotatable bonds is 1. The van der Waals surface area contributed by atoms with Gasteiger partial charge in [0, 0.05) is 30.9 Å². The van der Waals surface area contributed by atoms with Crippen molar-refractivity contribution in [2.24, 2.45) is 5.41 Å². The van der Waals surface area contributed by atoms with Crippen molar-refractivity contribution in [1.82, 2.24) is 0 Å². The second-order valence-electron chi connectivity index (χ2n) is 3.92. The van der Waals surface area contributed by atoms with E-state index in [-0.39, 0.29) is 11.6 Å². The minimum Gasteiger partial charge on any atom is -0.427 e. The summed E-state index contributed by atoms with van der Waals surface area (Å²) in [5, 5.41) is 18.1. The lowest BCUT2D eigenvalue weighted by molar-refractivity contribution is -0.146. The van der Waals surface area contributed by atoms with E-state index in [0.717, 1.165) is 0 Å². The van der Waals surface area contributed by atoms with E-state index in [1.165, 1.54) is 0 Å². The van der Waals surface area contributed by atoms with Crippen molar-refractivity contribution in [2.75, 3.05) is 13.2 Å². The van der Waals surface area contributed by atoms with E-state index < -0.39 is 12.5 Å². The van der Waals surface area contributed by atoms with Crippen LogP contribution in [0.2, 0.25) is 5.82 Å². The largest absolute Gasteiger partial charge is 0.456 e. The molecular formula is C8H13BO4. The van der Waals surface area contributed by atoms with Gasteiger partial charge in [-0.1, -0.05) is 0 Å². The van der Waals surface area contributed by atoms with Crippen LogP contribution in [-0.2, 0) is 9.53 Å². The highest BCUT2D eigenvalue weighted by atomic mass is 16.5. The number of ketones is 1. The van der Waals surface area contributed by atoms with Gasteiger partial charge in [-0.15, -0.1) is 0 Å². The molecule has 0 aromatic heterocycles. The Bertz CT molecular complexity index is 222. The molecule has 0 bridgehead atoms. The lowest BCUT2D eigenvalue weighted by Gasteiger charge is -2.49. The molecule has 0 radical (unpaired) electrons. The second kappa shape index (κ2) is 3.08. The summed E-state index contributed by atoms with van der Waals surface area (Å²) in [6.45, 7) is 1.13. The molecule has 13 heavy (non-hydrogen) atoms. The summed E-state index contributed by atoms with van der Waals surface area (Å²) in [5.41, 5.74) is -0.466. The summed E-state index contributed by atoms with van der Waals surface area (Å²) >= 11 is 0. The third-order valence-corrected chi connectivity index (χ3v) is 3.42. The summed E-state index contributed by atoms with van der Waals surface area (Å²) in [6, 6.07) is 0. The number of ether oxygens (including phenoxy) is 1. The van der Waals surface area contributed by atoms with Crippen molar-refractivity contribution in [2.45, 2.75) is 25.1 Å². The fourth-order valence-electron chi connectivity index (χ4n) is 2.45. The van der Waals surface area contributed by atoms with E-state index in [1.54, 1.807) is 0 Å². The Hall–Kier alpha value is -0.385. The van der Waals surface area contributed by atoms with Gasteiger partial charge in [0.1, 0.15) is 5.78 Å². The van der Waals surface area contributed by atoms with Crippen LogP contribution in [0.3, 0.4) is 0 Å². The van der Waals surface area contributed by atoms with E-state index in [4.69, 9.17) is 14.8 Å². The highest BCUT2D eigenvalue weighted by Crippen LogP contribution is 2.54. The van der Waals surface area contributed by atoms with Crippen LogP contribution in [0.25, 0.3) is 0 Å². The Morgan fingerprint density at radius 3 is 2.46 bits per heavy atom. The highest BCUT2D eigenvalue weighted by Gasteiger charge is 2.58. The van der Waals surface area contributed by atoms with Crippen LogP contribution >= 0.6 is 0 Å². The molecule has 1 aliphatic heterocycles. The molecule has 1 unspecified atom stereocenters. The molecule has 1 saturated carbocycles. The summed E-state index contributed by atoms with van der Waals surface area (Å²) in [4.78, 5) is 11.4. The predicted molar refractivity (Wildman–Crippen MR) is 46.1 cm³/mol. The maximum absolute atomic E-state index is 11.4. The molecule has 1 saturated heterocycles. The van der Waals surface area contributed by atoms with Gasteiger partial charge >= 0.3 is 7.12 Å². The minimum atomic E-state index is -1.35. The van der Waals surface area contributed by atoms with Gasteiger partial charge in [0.15, 0.2) is 0 Å². The van der Waals surface area contributed by atoms with Crippen LogP contribution in [0.15, 0.2) is 0 Å². The molecule has 4 nitrogen and oxygen atoms in total. The van der Waals surface area contributed by atoms with Crippen LogP contribution in [0, 0.1) is 5.41 Å². The van der Waals surface area contributed by atoms with Gasteiger partial charge in [0.2, 0.25) is 0 Å². The SMILES string of the molecule is O=C1CC(B(O)O)C12CCOCC2. The van der Waals surface area contributed by atoms with Crippen LogP contribution in [0.1, 0.15) is 19.3 Å². The van der Waals surface area contributed by atoms with E-state index in [0.29, 0.717) is 32.5 Å².